The van der Waals surface area contributed by atoms with E-state index in [-0.39, 0.29) is 11.8 Å². The number of carbonyl (C=O) groups is 1. The highest BCUT2D eigenvalue weighted by Gasteiger charge is 2.32. The molecule has 0 aromatic carbocycles. The van der Waals surface area contributed by atoms with Gasteiger partial charge in [0.15, 0.2) is 0 Å². The second kappa shape index (κ2) is 6.39. The molecular weight excluding hydrogens is 242 g/mol. The van der Waals surface area contributed by atoms with Gasteiger partial charge in [0, 0.05) is 13.1 Å². The summed E-state index contributed by atoms with van der Waals surface area (Å²) in [7, 11) is 0. The van der Waals surface area contributed by atoms with Crippen molar-refractivity contribution in [1.29, 1.82) is 5.26 Å². The van der Waals surface area contributed by atoms with Crippen molar-refractivity contribution in [3.8, 4) is 6.07 Å². The van der Waals surface area contributed by atoms with Crippen LogP contribution < -0.4 is 5.32 Å². The number of furan rings is 1. The van der Waals surface area contributed by atoms with Crippen molar-refractivity contribution in [2.24, 2.45) is 11.8 Å². The average molecular weight is 261 g/mol. The summed E-state index contributed by atoms with van der Waals surface area (Å²) in [6.07, 6.45) is 1.95. The molecule has 1 aromatic heterocycles. The van der Waals surface area contributed by atoms with E-state index < -0.39 is 0 Å². The Morgan fingerprint density at radius 3 is 3.05 bits per heavy atom. The average Bonchev–Trinajstić information content (AvgIpc) is 3.05. The van der Waals surface area contributed by atoms with Crippen molar-refractivity contribution >= 4 is 5.91 Å². The second-order valence-corrected chi connectivity index (χ2v) is 4.99. The van der Waals surface area contributed by atoms with Gasteiger partial charge in [0.05, 0.1) is 31.2 Å². The van der Waals surface area contributed by atoms with Crippen LogP contribution in [0.3, 0.4) is 0 Å². The molecule has 1 amide bonds. The van der Waals surface area contributed by atoms with Crippen molar-refractivity contribution in [2.75, 3.05) is 19.6 Å². The van der Waals surface area contributed by atoms with Gasteiger partial charge in [0.25, 0.3) is 0 Å². The van der Waals surface area contributed by atoms with Crippen LogP contribution in [0.25, 0.3) is 0 Å². The quantitative estimate of drug-likeness (QED) is 0.869. The predicted molar refractivity (Wildman–Crippen MR) is 69.9 cm³/mol. The maximum absolute atomic E-state index is 12.5. The van der Waals surface area contributed by atoms with Crippen LogP contribution >= 0.6 is 0 Å². The second-order valence-electron chi connectivity index (χ2n) is 4.99. The van der Waals surface area contributed by atoms with Gasteiger partial charge in [-0.25, -0.2) is 0 Å². The number of hydrogen-bond donors (Lipinski definition) is 1. The van der Waals surface area contributed by atoms with E-state index in [0.29, 0.717) is 25.4 Å². The fourth-order valence-electron chi connectivity index (χ4n) is 2.42. The molecule has 0 spiro atoms. The summed E-state index contributed by atoms with van der Waals surface area (Å²) < 4.78 is 5.29. The largest absolute Gasteiger partial charge is 0.467 e. The molecule has 5 nitrogen and oxygen atoms in total. The van der Waals surface area contributed by atoms with Gasteiger partial charge < -0.3 is 14.6 Å². The first kappa shape index (κ1) is 13.6. The summed E-state index contributed by atoms with van der Waals surface area (Å²) in [6, 6.07) is 5.75. The minimum absolute atomic E-state index is 0.00801. The molecule has 5 heteroatoms. The summed E-state index contributed by atoms with van der Waals surface area (Å²) in [4.78, 5) is 14.3. The van der Waals surface area contributed by atoms with E-state index in [1.165, 1.54) is 0 Å². The molecule has 2 heterocycles. The first-order valence-electron chi connectivity index (χ1n) is 6.61. The van der Waals surface area contributed by atoms with Crippen LogP contribution in [0.4, 0.5) is 0 Å². The Hall–Kier alpha value is -1.80. The Morgan fingerprint density at radius 2 is 2.47 bits per heavy atom. The smallest absolute Gasteiger partial charge is 0.227 e. The van der Waals surface area contributed by atoms with Crippen molar-refractivity contribution in [3.63, 3.8) is 0 Å². The molecular formula is C14H19N3O2. The molecule has 19 heavy (non-hydrogen) atoms. The molecule has 0 bridgehead atoms. The summed E-state index contributed by atoms with van der Waals surface area (Å²) in [5.74, 6) is 1.22. The van der Waals surface area contributed by atoms with Crippen molar-refractivity contribution in [3.05, 3.63) is 24.2 Å². The minimum Gasteiger partial charge on any atom is -0.467 e. The van der Waals surface area contributed by atoms with Crippen LogP contribution in [0.15, 0.2) is 22.8 Å². The first-order valence-corrected chi connectivity index (χ1v) is 6.61. The van der Waals surface area contributed by atoms with Crippen LogP contribution in [0, 0.1) is 23.2 Å². The molecule has 0 radical (unpaired) electrons. The molecule has 1 saturated heterocycles. The molecule has 0 unspecified atom stereocenters. The van der Waals surface area contributed by atoms with Gasteiger partial charge in [-0.2, -0.15) is 5.26 Å². The molecule has 2 atom stereocenters. The van der Waals surface area contributed by atoms with Gasteiger partial charge in [-0.3, -0.25) is 4.79 Å². The zero-order chi connectivity index (χ0) is 13.7. The lowest BCUT2D eigenvalue weighted by Crippen LogP contribution is -2.38. The molecule has 0 saturated carbocycles. The van der Waals surface area contributed by atoms with Gasteiger partial charge in [0.1, 0.15) is 5.76 Å². The Balaban J connectivity index is 2.03. The Bertz CT molecular complexity index is 450. The fourth-order valence-corrected chi connectivity index (χ4v) is 2.42. The lowest BCUT2D eigenvalue weighted by molar-refractivity contribution is -0.136. The van der Waals surface area contributed by atoms with Crippen LogP contribution in [0.2, 0.25) is 0 Å². The van der Waals surface area contributed by atoms with E-state index in [1.807, 2.05) is 12.1 Å². The molecule has 1 aromatic rings. The number of nitriles is 1. The van der Waals surface area contributed by atoms with Gasteiger partial charge in [-0.1, -0.05) is 6.92 Å². The maximum atomic E-state index is 12.5. The third-order valence-electron chi connectivity index (χ3n) is 3.57. The highest BCUT2D eigenvalue weighted by Crippen LogP contribution is 2.20. The molecule has 1 N–H and O–H groups in total. The third-order valence-corrected chi connectivity index (χ3v) is 3.57. The van der Waals surface area contributed by atoms with Crippen molar-refractivity contribution < 1.29 is 9.21 Å². The van der Waals surface area contributed by atoms with E-state index in [4.69, 9.17) is 9.68 Å². The van der Waals surface area contributed by atoms with Gasteiger partial charge in [-0.05, 0) is 24.6 Å². The zero-order valence-corrected chi connectivity index (χ0v) is 11.1. The van der Waals surface area contributed by atoms with E-state index in [1.54, 1.807) is 11.2 Å². The molecule has 2 rings (SSSR count). The Kier molecular flexibility index (Phi) is 4.58. The molecule has 1 aliphatic rings. The normalized spacial score (nSPS) is 22.1. The van der Waals surface area contributed by atoms with Crippen LogP contribution in [-0.4, -0.2) is 30.4 Å². The zero-order valence-electron chi connectivity index (χ0n) is 11.1. The van der Waals surface area contributed by atoms with Crippen molar-refractivity contribution in [2.45, 2.75) is 19.9 Å². The standard InChI is InChI=1S/C14H19N3O2/c1-11-8-16-9-13(11)14(18)17(6-3-5-15)10-12-4-2-7-19-12/h2,4,7,11,13,16H,3,6,8-10H2,1H3/t11-,13-/m1/s1. The van der Waals surface area contributed by atoms with Crippen LogP contribution in [-0.2, 0) is 11.3 Å². The van der Waals surface area contributed by atoms with E-state index in [0.717, 1.165) is 18.8 Å². The molecule has 1 aliphatic heterocycles. The number of nitrogens with one attached hydrogen (secondary N) is 1. The number of hydrogen-bond acceptors (Lipinski definition) is 4. The van der Waals surface area contributed by atoms with Gasteiger partial charge >= 0.3 is 0 Å². The van der Waals surface area contributed by atoms with Crippen molar-refractivity contribution in [1.82, 2.24) is 10.2 Å². The molecule has 102 valence electrons. The van der Waals surface area contributed by atoms with E-state index in [9.17, 15) is 4.79 Å². The van der Waals surface area contributed by atoms with Gasteiger partial charge in [-0.15, -0.1) is 0 Å². The lowest BCUT2D eigenvalue weighted by atomic mass is 9.96. The number of amides is 1. The summed E-state index contributed by atoms with van der Waals surface area (Å²) in [6.45, 7) is 4.58. The number of carbonyl (C=O) groups excluding carboxylic acids is 1. The Morgan fingerprint density at radius 1 is 1.63 bits per heavy atom. The number of rotatable bonds is 5. The van der Waals surface area contributed by atoms with Crippen LogP contribution in [0.5, 0.6) is 0 Å². The monoisotopic (exact) mass is 261 g/mol. The SMILES string of the molecule is C[C@@H]1CNC[C@H]1C(=O)N(CCC#N)Cc1ccco1. The lowest BCUT2D eigenvalue weighted by Gasteiger charge is -2.25. The summed E-state index contributed by atoms with van der Waals surface area (Å²) in [5.41, 5.74) is 0. The molecule has 1 fully saturated rings. The predicted octanol–water partition coefficient (Wildman–Crippen LogP) is 1.38. The highest BCUT2D eigenvalue weighted by atomic mass is 16.3. The maximum Gasteiger partial charge on any atom is 0.227 e. The fraction of sp³-hybridized carbons (Fsp3) is 0.571. The van der Waals surface area contributed by atoms with Gasteiger partial charge in [0.2, 0.25) is 5.91 Å². The first-order chi connectivity index (χ1) is 9.22. The topological polar surface area (TPSA) is 69.3 Å². The van der Waals surface area contributed by atoms with E-state index in [2.05, 4.69) is 18.3 Å². The Labute approximate surface area is 113 Å². The number of nitrogens with zero attached hydrogens (tertiary/aromatic N) is 2. The highest BCUT2D eigenvalue weighted by molar-refractivity contribution is 5.79. The van der Waals surface area contributed by atoms with E-state index >= 15 is 0 Å². The third kappa shape index (κ3) is 3.36. The minimum atomic E-state index is 0.00801. The summed E-state index contributed by atoms with van der Waals surface area (Å²) >= 11 is 0. The van der Waals surface area contributed by atoms with Crippen LogP contribution in [0.1, 0.15) is 19.1 Å². The summed E-state index contributed by atoms with van der Waals surface area (Å²) in [5, 5.41) is 12.0. The molecule has 0 aliphatic carbocycles.